The van der Waals surface area contributed by atoms with Crippen LogP contribution in [0.4, 0.5) is 0 Å². The average molecular weight is 1320 g/mol. The molecule has 9 aromatic carbocycles. The molecule has 0 unspecified atom stereocenters. The van der Waals surface area contributed by atoms with Gasteiger partial charge in [0.1, 0.15) is 34.9 Å². The number of rotatable bonds is 6. The highest BCUT2D eigenvalue weighted by Crippen LogP contribution is 2.32. The summed E-state index contributed by atoms with van der Waals surface area (Å²) in [7, 11) is 0. The molecule has 0 amide bonds. The largest absolute Gasteiger partial charge is 0.342 e. The highest BCUT2D eigenvalue weighted by Gasteiger charge is 2.13. The van der Waals surface area contributed by atoms with Crippen LogP contribution < -0.4 is 0 Å². The van der Waals surface area contributed by atoms with Gasteiger partial charge in [-0.2, -0.15) is 0 Å². The van der Waals surface area contributed by atoms with E-state index in [9.17, 15) is 0 Å². The topological polar surface area (TPSA) is 172 Å². The van der Waals surface area contributed by atoms with Gasteiger partial charge in [-0.1, -0.05) is 258 Å². The number of aromatic amines is 6. The van der Waals surface area contributed by atoms with Crippen molar-refractivity contribution in [1.82, 2.24) is 59.8 Å². The third kappa shape index (κ3) is 21.4. The van der Waals surface area contributed by atoms with Crippen molar-refractivity contribution in [2.24, 2.45) is 0 Å². The molecule has 15 aromatic rings. The summed E-state index contributed by atoms with van der Waals surface area (Å²) >= 11 is 0. The predicted octanol–water partition coefficient (Wildman–Crippen LogP) is 26.4. The normalized spacial score (nSPS) is 9.73. The molecule has 0 radical (unpaired) electrons. The summed E-state index contributed by atoms with van der Waals surface area (Å²) in [6.45, 7) is 52.2. The number of aromatic nitrogens is 12. The van der Waals surface area contributed by atoms with Gasteiger partial charge in [0.15, 0.2) is 0 Å². The summed E-state index contributed by atoms with van der Waals surface area (Å²) in [6, 6.07) is 63.2. The van der Waals surface area contributed by atoms with Gasteiger partial charge < -0.3 is 29.9 Å². The molecule has 6 heterocycles. The predicted molar refractivity (Wildman–Crippen MR) is 432 cm³/mol. The lowest BCUT2D eigenvalue weighted by atomic mass is 10.0. The minimum absolute atomic E-state index is 0.900. The van der Waals surface area contributed by atoms with Crippen LogP contribution in [0.1, 0.15) is 173 Å². The van der Waals surface area contributed by atoms with E-state index in [4.69, 9.17) is 15.0 Å². The van der Waals surface area contributed by atoms with Gasteiger partial charge in [0, 0.05) is 16.7 Å². The molecule has 6 N–H and O–H groups in total. The zero-order chi connectivity index (χ0) is 73.0. The Bertz CT molecular complexity index is 4500. The number of H-pyrrole nitrogens is 6. The van der Waals surface area contributed by atoms with Gasteiger partial charge in [-0.3, -0.25) is 0 Å². The van der Waals surface area contributed by atoms with E-state index < -0.39 is 0 Å². The first-order valence-electron chi connectivity index (χ1n) is 36.1. The summed E-state index contributed by atoms with van der Waals surface area (Å²) in [6.07, 6.45) is 0. The van der Waals surface area contributed by atoms with Gasteiger partial charge in [0.05, 0.1) is 66.2 Å². The fraction of sp³-hybridized carbons (Fsp3) is 0.302. The number of fused-ring (bicyclic) bond motifs is 6. The van der Waals surface area contributed by atoms with Gasteiger partial charge in [-0.15, -0.1) is 0 Å². The quantitative estimate of drug-likeness (QED) is 0.0967. The molecule has 0 aliphatic carbocycles. The van der Waals surface area contributed by atoms with E-state index in [0.29, 0.717) is 0 Å². The molecule has 98 heavy (non-hydrogen) atoms. The van der Waals surface area contributed by atoms with Crippen LogP contribution >= 0.6 is 0 Å². The molecular weight excluding hydrogens is 1200 g/mol. The maximum absolute atomic E-state index is 4.74. The minimum atomic E-state index is 0.900. The van der Waals surface area contributed by atoms with Crippen molar-refractivity contribution in [2.75, 3.05) is 0 Å². The number of hydrogen-bond acceptors (Lipinski definition) is 6. The number of imidazole rings is 6. The first kappa shape index (κ1) is 82.0. The van der Waals surface area contributed by atoms with Gasteiger partial charge in [-0.25, -0.2) is 29.9 Å². The van der Waals surface area contributed by atoms with Crippen molar-refractivity contribution in [1.29, 1.82) is 0 Å². The van der Waals surface area contributed by atoms with E-state index in [-0.39, 0.29) is 0 Å². The zero-order valence-electron chi connectivity index (χ0n) is 64.0. The van der Waals surface area contributed by atoms with Crippen molar-refractivity contribution < 1.29 is 0 Å². The van der Waals surface area contributed by atoms with Crippen LogP contribution in [-0.2, 0) is 0 Å². The third-order valence-electron chi connectivity index (χ3n) is 14.2. The Morgan fingerprint density at radius 3 is 0.643 bits per heavy atom. The Labute approximate surface area is 586 Å². The van der Waals surface area contributed by atoms with Gasteiger partial charge >= 0.3 is 0 Å². The van der Waals surface area contributed by atoms with Gasteiger partial charge in [0.2, 0.25) is 0 Å². The summed E-state index contributed by atoms with van der Waals surface area (Å²) in [5, 5.41) is 0. The summed E-state index contributed by atoms with van der Waals surface area (Å²) < 4.78 is 0. The maximum atomic E-state index is 4.74. The van der Waals surface area contributed by atoms with Crippen molar-refractivity contribution in [3.05, 3.63) is 216 Å². The minimum Gasteiger partial charge on any atom is -0.342 e. The Kier molecular flexibility index (Phi) is 36.1. The molecule has 6 aromatic heterocycles. The first-order valence-corrected chi connectivity index (χ1v) is 36.1. The lowest BCUT2D eigenvalue weighted by Crippen LogP contribution is -1.81. The van der Waals surface area contributed by atoms with Crippen LogP contribution in [0.3, 0.4) is 0 Å². The number of nitrogens with one attached hydrogen (secondary N) is 6. The maximum Gasteiger partial charge on any atom is 0.138 e. The fourth-order valence-corrected chi connectivity index (χ4v) is 10.1. The number of hydrogen-bond donors (Lipinski definition) is 6. The monoisotopic (exact) mass is 1310 g/mol. The molecule has 15 rings (SSSR count). The molecule has 0 spiro atoms. The SMILES string of the molecule is CC.CC.CC.CC.CC.CC.CC.CC.CC.CC.Cc1ccc(-c2nc3ccc(-c4ccc5nc(C)[nH]c5c4)cc3[nH]2)cc1.Cc1ccc(-c2nc3ccc(-c4ccc5nc(C)[nH]c5c4)cc3[nH]2)cc1.Cc1cccc(-c2nc3ccc(-c4ccc5nc(C)[nH]c5c4)cc3[nH]2)c1. The Morgan fingerprint density at radius 2 is 0.398 bits per heavy atom. The van der Waals surface area contributed by atoms with Crippen LogP contribution in [0.2, 0.25) is 0 Å². The van der Waals surface area contributed by atoms with E-state index in [1.807, 2.05) is 159 Å². The van der Waals surface area contributed by atoms with Crippen LogP contribution in [0.25, 0.3) is 134 Å². The van der Waals surface area contributed by atoms with Crippen molar-refractivity contribution in [2.45, 2.75) is 180 Å². The second kappa shape index (κ2) is 43.1. The number of aryl methyl sites for hydroxylation is 6. The van der Waals surface area contributed by atoms with Gasteiger partial charge in [-0.05, 0) is 154 Å². The first-order chi connectivity index (χ1) is 48.0. The Morgan fingerprint density at radius 1 is 0.184 bits per heavy atom. The van der Waals surface area contributed by atoms with Crippen molar-refractivity contribution >= 4 is 66.2 Å². The Hall–Kier alpha value is -10.2. The van der Waals surface area contributed by atoms with E-state index in [1.165, 1.54) is 16.7 Å². The lowest BCUT2D eigenvalue weighted by Gasteiger charge is -2.01. The summed E-state index contributed by atoms with van der Waals surface area (Å²) in [5.74, 6) is 5.51. The smallest absolute Gasteiger partial charge is 0.138 e. The van der Waals surface area contributed by atoms with E-state index in [1.54, 1.807) is 0 Å². The molecule has 518 valence electrons. The van der Waals surface area contributed by atoms with E-state index in [2.05, 4.69) is 248 Å². The standard InChI is InChI=1S/3C22H18N4.10C2H6/c2*1-13-3-5-15(6-4-13)22-25-19-10-8-17(12-21(19)26-22)16-7-9-18-20(11-16)24-14(2)23-18;1-13-4-3-5-17(10-13)22-25-19-9-7-16(12-21(19)26-22)15-6-8-18-20(11-15)24-14(2)23-18;10*1-2/h3*3-12H,1-2H3,(H,23,24)(H,25,26);10*1-2H3. The molecular formula is C86H114N12. The molecule has 0 saturated heterocycles. The Balaban J connectivity index is 0.000000339. The average Bonchev–Trinajstić information content (AvgIpc) is 1.64. The highest BCUT2D eigenvalue weighted by atomic mass is 14.9. The molecule has 0 aliphatic rings. The van der Waals surface area contributed by atoms with Gasteiger partial charge in [0.25, 0.3) is 0 Å². The second-order valence-corrected chi connectivity index (χ2v) is 20.2. The summed E-state index contributed by atoms with van der Waals surface area (Å²) in [4.78, 5) is 47.9. The molecule has 0 atom stereocenters. The second-order valence-electron chi connectivity index (χ2n) is 20.2. The number of nitrogens with zero attached hydrogens (tertiary/aromatic N) is 6. The number of benzene rings is 9. The molecule has 0 fully saturated rings. The molecule has 0 aliphatic heterocycles. The van der Waals surface area contributed by atoms with Crippen LogP contribution in [-0.4, -0.2) is 59.8 Å². The molecule has 12 nitrogen and oxygen atoms in total. The van der Waals surface area contributed by atoms with Crippen molar-refractivity contribution in [3.63, 3.8) is 0 Å². The van der Waals surface area contributed by atoms with E-state index in [0.717, 1.165) is 151 Å². The van der Waals surface area contributed by atoms with Crippen molar-refractivity contribution in [3.8, 4) is 67.5 Å². The van der Waals surface area contributed by atoms with Crippen LogP contribution in [0.15, 0.2) is 182 Å². The molecule has 12 heteroatoms. The van der Waals surface area contributed by atoms with Crippen LogP contribution in [0, 0.1) is 41.5 Å². The lowest BCUT2D eigenvalue weighted by molar-refractivity contribution is 1.17. The fourth-order valence-electron chi connectivity index (χ4n) is 10.1. The highest BCUT2D eigenvalue weighted by molar-refractivity contribution is 5.91. The van der Waals surface area contributed by atoms with E-state index >= 15 is 0 Å². The zero-order valence-corrected chi connectivity index (χ0v) is 64.0. The van der Waals surface area contributed by atoms with Crippen LogP contribution in [0.5, 0.6) is 0 Å². The molecule has 0 bridgehead atoms. The summed E-state index contributed by atoms with van der Waals surface area (Å²) in [5.41, 5.74) is 26.2. The third-order valence-corrected chi connectivity index (χ3v) is 14.2. The molecule has 0 saturated carbocycles.